The third-order valence-electron chi connectivity index (χ3n) is 3.81. The number of aldehydes is 1. The van der Waals surface area contributed by atoms with Crippen LogP contribution in [-0.4, -0.2) is 43.2 Å². The number of hydrogen-bond acceptors (Lipinski definition) is 4. The Morgan fingerprint density at radius 1 is 1.29 bits per heavy atom. The quantitative estimate of drug-likeness (QED) is 0.441. The first-order chi connectivity index (χ1) is 10.2. The molecule has 1 aromatic carbocycles. The number of piperidine rings is 1. The third kappa shape index (κ3) is 5.14. The Morgan fingerprint density at radius 2 is 1.95 bits per heavy atom. The van der Waals surface area contributed by atoms with Gasteiger partial charge in [-0.15, -0.1) is 0 Å². The Labute approximate surface area is 130 Å². The lowest BCUT2D eigenvalue weighted by Gasteiger charge is -2.30. The zero-order valence-electron chi connectivity index (χ0n) is 12.0. The minimum absolute atomic E-state index is 0.0657. The van der Waals surface area contributed by atoms with Crippen molar-refractivity contribution in [2.24, 2.45) is 5.92 Å². The van der Waals surface area contributed by atoms with Crippen LogP contribution in [0, 0.1) is 5.92 Å². The highest BCUT2D eigenvalue weighted by Gasteiger charge is 2.23. The van der Waals surface area contributed by atoms with Crippen molar-refractivity contribution in [3.05, 3.63) is 29.3 Å². The number of likely N-dealkylation sites (tertiary alicyclic amines) is 1. The maximum atomic E-state index is 11.3. The molecule has 1 aliphatic heterocycles. The van der Waals surface area contributed by atoms with Crippen molar-refractivity contribution in [1.82, 2.24) is 4.90 Å². The van der Waals surface area contributed by atoms with Gasteiger partial charge in [0.05, 0.1) is 6.61 Å². The van der Waals surface area contributed by atoms with Crippen LogP contribution in [0.5, 0.6) is 5.75 Å². The van der Waals surface area contributed by atoms with Crippen molar-refractivity contribution in [3.63, 3.8) is 0 Å². The molecular weight excluding hydrogens is 290 g/mol. The van der Waals surface area contributed by atoms with E-state index in [4.69, 9.17) is 16.3 Å². The Kier molecular flexibility index (Phi) is 6.21. The Balaban J connectivity index is 1.61. The van der Waals surface area contributed by atoms with Crippen LogP contribution in [-0.2, 0) is 9.59 Å². The average molecular weight is 310 g/mol. The molecule has 2 rings (SSSR count). The van der Waals surface area contributed by atoms with Gasteiger partial charge in [0.15, 0.2) is 12.1 Å². The zero-order valence-corrected chi connectivity index (χ0v) is 12.7. The van der Waals surface area contributed by atoms with E-state index in [0.717, 1.165) is 44.6 Å². The van der Waals surface area contributed by atoms with E-state index in [1.165, 1.54) is 0 Å². The molecule has 0 aliphatic carbocycles. The molecule has 4 nitrogen and oxygen atoms in total. The number of carbonyl (C=O) groups is 2. The lowest BCUT2D eigenvalue weighted by atomic mass is 9.93. The van der Waals surface area contributed by atoms with Crippen LogP contribution in [0.1, 0.15) is 19.3 Å². The minimum Gasteiger partial charge on any atom is -0.494 e. The van der Waals surface area contributed by atoms with Gasteiger partial charge in [0.1, 0.15) is 5.75 Å². The molecule has 0 N–H and O–H groups in total. The summed E-state index contributed by atoms with van der Waals surface area (Å²) in [6, 6.07) is 7.34. The summed E-state index contributed by atoms with van der Waals surface area (Å²) in [6.07, 6.45) is 2.97. The van der Waals surface area contributed by atoms with E-state index >= 15 is 0 Å². The van der Waals surface area contributed by atoms with Gasteiger partial charge < -0.3 is 9.64 Å². The summed E-state index contributed by atoms with van der Waals surface area (Å²) in [7, 11) is 0. The molecule has 0 saturated carbocycles. The van der Waals surface area contributed by atoms with Gasteiger partial charge in [-0.1, -0.05) is 11.6 Å². The highest BCUT2D eigenvalue weighted by atomic mass is 35.5. The van der Waals surface area contributed by atoms with E-state index < -0.39 is 0 Å². The fourth-order valence-electron chi connectivity index (χ4n) is 2.55. The van der Waals surface area contributed by atoms with Crippen molar-refractivity contribution in [3.8, 4) is 5.75 Å². The predicted octanol–water partition coefficient (Wildman–Crippen LogP) is 2.59. The molecular formula is C16H20ClNO3. The summed E-state index contributed by atoms with van der Waals surface area (Å²) in [4.78, 5) is 24.1. The maximum Gasteiger partial charge on any atom is 0.198 e. The molecule has 1 heterocycles. The lowest BCUT2D eigenvalue weighted by molar-refractivity contribution is -0.133. The summed E-state index contributed by atoms with van der Waals surface area (Å²) in [5, 5.41) is 0.704. The summed E-state index contributed by atoms with van der Waals surface area (Å²) >= 11 is 5.81. The number of ether oxygens (including phenoxy) is 1. The number of Topliss-reactive ketones (excluding diaryl/α,β-unsaturated/α-hetero) is 1. The second kappa shape index (κ2) is 8.15. The molecule has 1 fully saturated rings. The number of halogens is 1. The van der Waals surface area contributed by atoms with Gasteiger partial charge in [-0.05, 0) is 56.6 Å². The van der Waals surface area contributed by atoms with E-state index in [1.807, 2.05) is 24.3 Å². The zero-order chi connectivity index (χ0) is 15.1. The van der Waals surface area contributed by atoms with Gasteiger partial charge in [-0.25, -0.2) is 0 Å². The molecule has 0 amide bonds. The largest absolute Gasteiger partial charge is 0.494 e. The predicted molar refractivity (Wildman–Crippen MR) is 81.8 cm³/mol. The number of benzene rings is 1. The second-order valence-electron chi connectivity index (χ2n) is 5.29. The molecule has 1 saturated heterocycles. The molecule has 0 radical (unpaired) electrons. The summed E-state index contributed by atoms with van der Waals surface area (Å²) in [5.74, 6) is 0.513. The van der Waals surface area contributed by atoms with Crippen LogP contribution in [0.15, 0.2) is 24.3 Å². The van der Waals surface area contributed by atoms with Crippen molar-refractivity contribution in [2.75, 3.05) is 26.2 Å². The summed E-state index contributed by atoms with van der Waals surface area (Å²) in [6.45, 7) is 3.38. The third-order valence-corrected chi connectivity index (χ3v) is 4.06. The maximum absolute atomic E-state index is 11.3. The first-order valence-electron chi connectivity index (χ1n) is 7.29. The first kappa shape index (κ1) is 16.0. The second-order valence-corrected chi connectivity index (χ2v) is 5.73. The van der Waals surface area contributed by atoms with E-state index in [0.29, 0.717) is 17.9 Å². The lowest BCUT2D eigenvalue weighted by Crippen LogP contribution is -2.37. The fraction of sp³-hybridized carbons (Fsp3) is 0.500. The van der Waals surface area contributed by atoms with Gasteiger partial charge in [0, 0.05) is 17.5 Å². The fourth-order valence-corrected chi connectivity index (χ4v) is 2.67. The van der Waals surface area contributed by atoms with Gasteiger partial charge in [0.2, 0.25) is 0 Å². The van der Waals surface area contributed by atoms with Gasteiger partial charge >= 0.3 is 0 Å². The molecule has 1 aromatic rings. The first-order valence-corrected chi connectivity index (χ1v) is 7.66. The van der Waals surface area contributed by atoms with E-state index in [2.05, 4.69) is 4.90 Å². The van der Waals surface area contributed by atoms with E-state index in [-0.39, 0.29) is 11.7 Å². The summed E-state index contributed by atoms with van der Waals surface area (Å²) < 4.78 is 5.64. The van der Waals surface area contributed by atoms with Crippen LogP contribution in [0.3, 0.4) is 0 Å². The molecule has 0 aromatic heterocycles. The van der Waals surface area contributed by atoms with E-state index in [1.54, 1.807) is 0 Å². The molecule has 0 spiro atoms. The van der Waals surface area contributed by atoms with Crippen LogP contribution >= 0.6 is 11.6 Å². The standard InChI is InChI=1S/C16H20ClNO3/c17-14-2-4-15(5-3-14)21-11-1-8-18-9-6-13(7-10-18)16(20)12-19/h2-5,12-13H,1,6-11H2. The topological polar surface area (TPSA) is 46.6 Å². The molecule has 21 heavy (non-hydrogen) atoms. The number of ketones is 1. The molecule has 0 unspecified atom stereocenters. The van der Waals surface area contributed by atoms with Gasteiger partial charge in [-0.3, -0.25) is 9.59 Å². The number of carbonyl (C=O) groups excluding carboxylic acids is 2. The molecule has 114 valence electrons. The number of hydrogen-bond donors (Lipinski definition) is 0. The van der Waals surface area contributed by atoms with Gasteiger partial charge in [0.25, 0.3) is 0 Å². The molecule has 0 atom stereocenters. The highest BCUT2D eigenvalue weighted by molar-refractivity contribution is 6.30. The van der Waals surface area contributed by atoms with Crippen LogP contribution in [0.4, 0.5) is 0 Å². The molecule has 0 bridgehead atoms. The Morgan fingerprint density at radius 3 is 2.57 bits per heavy atom. The number of rotatable bonds is 7. The van der Waals surface area contributed by atoms with Crippen molar-refractivity contribution < 1.29 is 14.3 Å². The van der Waals surface area contributed by atoms with E-state index in [9.17, 15) is 9.59 Å². The normalized spacial score (nSPS) is 16.6. The molecule has 1 aliphatic rings. The number of nitrogens with zero attached hydrogens (tertiary/aromatic N) is 1. The Hall–Kier alpha value is -1.39. The highest BCUT2D eigenvalue weighted by Crippen LogP contribution is 2.18. The SMILES string of the molecule is O=CC(=O)C1CCN(CCCOc2ccc(Cl)cc2)CC1. The Bertz CT molecular complexity index is 467. The minimum atomic E-state index is -0.249. The smallest absolute Gasteiger partial charge is 0.198 e. The van der Waals surface area contributed by atoms with Gasteiger partial charge in [-0.2, -0.15) is 0 Å². The monoisotopic (exact) mass is 309 g/mol. The van der Waals surface area contributed by atoms with Crippen LogP contribution in [0.25, 0.3) is 0 Å². The summed E-state index contributed by atoms with van der Waals surface area (Å²) in [5.41, 5.74) is 0. The van der Waals surface area contributed by atoms with Crippen LogP contribution < -0.4 is 4.74 Å². The van der Waals surface area contributed by atoms with Crippen molar-refractivity contribution in [2.45, 2.75) is 19.3 Å². The van der Waals surface area contributed by atoms with Crippen molar-refractivity contribution in [1.29, 1.82) is 0 Å². The van der Waals surface area contributed by atoms with Crippen molar-refractivity contribution >= 4 is 23.7 Å². The average Bonchev–Trinajstić information content (AvgIpc) is 2.53. The molecule has 5 heteroatoms. The van der Waals surface area contributed by atoms with Crippen LogP contribution in [0.2, 0.25) is 5.02 Å².